The number of anilines is 2. The molecule has 1 saturated carbocycles. The maximum atomic E-state index is 11.8. The molecule has 4 nitrogen and oxygen atoms in total. The summed E-state index contributed by atoms with van der Waals surface area (Å²) in [7, 11) is 1.39. The summed E-state index contributed by atoms with van der Waals surface area (Å²) in [6, 6.07) is 5.76. The number of nitrogen functional groups attached to an aromatic ring is 1. The van der Waals surface area contributed by atoms with Crippen LogP contribution < -0.4 is 11.1 Å². The number of methoxy groups -OCH3 is 1. The zero-order chi connectivity index (χ0) is 14.7. The van der Waals surface area contributed by atoms with Crippen molar-refractivity contribution in [1.29, 1.82) is 0 Å². The van der Waals surface area contributed by atoms with Gasteiger partial charge >= 0.3 is 5.97 Å². The number of benzene rings is 1. The van der Waals surface area contributed by atoms with Gasteiger partial charge in [0, 0.05) is 17.4 Å². The third kappa shape index (κ3) is 2.89. The van der Waals surface area contributed by atoms with Crippen LogP contribution in [0.15, 0.2) is 18.2 Å². The molecule has 0 spiro atoms. The number of carbonyl (C=O) groups is 1. The molecule has 0 aliphatic heterocycles. The van der Waals surface area contributed by atoms with E-state index in [0.717, 1.165) is 18.0 Å². The van der Waals surface area contributed by atoms with Crippen molar-refractivity contribution < 1.29 is 9.53 Å². The highest BCUT2D eigenvalue weighted by Crippen LogP contribution is 2.36. The van der Waals surface area contributed by atoms with Crippen LogP contribution in [0, 0.1) is 11.8 Å². The van der Waals surface area contributed by atoms with Crippen molar-refractivity contribution >= 4 is 17.3 Å². The summed E-state index contributed by atoms with van der Waals surface area (Å²) in [5.41, 5.74) is 7.67. The fraction of sp³-hybridized carbons (Fsp3) is 0.562. The molecule has 1 fully saturated rings. The summed E-state index contributed by atoms with van der Waals surface area (Å²) in [5.74, 6) is 1.03. The smallest absolute Gasteiger partial charge is 0.340 e. The molecular weight excluding hydrogens is 252 g/mol. The zero-order valence-electron chi connectivity index (χ0n) is 12.5. The lowest BCUT2D eigenvalue weighted by Gasteiger charge is -2.23. The first-order valence-corrected chi connectivity index (χ1v) is 7.31. The minimum absolute atomic E-state index is 0.350. The van der Waals surface area contributed by atoms with Gasteiger partial charge in [-0.25, -0.2) is 4.79 Å². The maximum Gasteiger partial charge on any atom is 0.340 e. The molecule has 110 valence electrons. The number of esters is 1. The van der Waals surface area contributed by atoms with E-state index in [-0.39, 0.29) is 5.97 Å². The molecule has 3 N–H and O–H groups in total. The molecule has 4 heteroatoms. The molecule has 3 atom stereocenters. The van der Waals surface area contributed by atoms with E-state index in [0.29, 0.717) is 23.2 Å². The summed E-state index contributed by atoms with van der Waals surface area (Å²) in [6.45, 7) is 4.53. The average molecular weight is 276 g/mol. The largest absolute Gasteiger partial charge is 0.465 e. The zero-order valence-corrected chi connectivity index (χ0v) is 12.5. The van der Waals surface area contributed by atoms with Crippen LogP contribution >= 0.6 is 0 Å². The summed E-state index contributed by atoms with van der Waals surface area (Å²) in [5, 5.41) is 3.51. The Kier molecular flexibility index (Phi) is 4.53. The fourth-order valence-corrected chi connectivity index (χ4v) is 3.19. The van der Waals surface area contributed by atoms with Crippen LogP contribution in [-0.4, -0.2) is 19.1 Å². The van der Waals surface area contributed by atoms with Crippen molar-refractivity contribution in [2.45, 2.75) is 39.2 Å². The van der Waals surface area contributed by atoms with E-state index in [2.05, 4.69) is 19.2 Å². The predicted octanol–water partition coefficient (Wildman–Crippen LogP) is 3.29. The Balaban J connectivity index is 2.19. The Labute approximate surface area is 120 Å². The topological polar surface area (TPSA) is 64.3 Å². The Hall–Kier alpha value is -1.71. The normalized spacial score (nSPS) is 25.4. The Morgan fingerprint density at radius 3 is 2.80 bits per heavy atom. The van der Waals surface area contributed by atoms with Crippen LogP contribution in [0.2, 0.25) is 0 Å². The molecule has 0 radical (unpaired) electrons. The summed E-state index contributed by atoms with van der Waals surface area (Å²) < 4.78 is 4.83. The lowest BCUT2D eigenvalue weighted by molar-refractivity contribution is 0.0602. The number of carbonyl (C=O) groups excluding carboxylic acids is 1. The van der Waals surface area contributed by atoms with Gasteiger partial charge in [-0.1, -0.05) is 20.3 Å². The molecule has 1 aromatic carbocycles. The molecule has 0 heterocycles. The highest BCUT2D eigenvalue weighted by atomic mass is 16.5. The molecule has 0 aromatic heterocycles. The van der Waals surface area contributed by atoms with E-state index >= 15 is 0 Å². The van der Waals surface area contributed by atoms with Crippen molar-refractivity contribution in [2.75, 3.05) is 18.2 Å². The summed E-state index contributed by atoms with van der Waals surface area (Å²) >= 11 is 0. The van der Waals surface area contributed by atoms with Gasteiger partial charge in [-0.3, -0.25) is 0 Å². The first-order valence-electron chi connectivity index (χ1n) is 7.31. The second kappa shape index (κ2) is 6.16. The predicted molar refractivity (Wildman–Crippen MR) is 81.8 cm³/mol. The number of nitrogens with one attached hydrogen (secondary N) is 1. The summed E-state index contributed by atoms with van der Waals surface area (Å²) in [4.78, 5) is 11.8. The Bertz CT molecular complexity index is 487. The molecular formula is C16H24N2O2. The van der Waals surface area contributed by atoms with Crippen molar-refractivity contribution in [3.05, 3.63) is 23.8 Å². The standard InChI is InChI=1S/C16H24N2O2/c1-4-11-5-7-14(10(11)2)18-15-8-6-12(17)9-13(15)16(19)20-3/h6,8-11,14,18H,4-5,7,17H2,1-3H3. The monoisotopic (exact) mass is 276 g/mol. The fourth-order valence-electron chi connectivity index (χ4n) is 3.19. The van der Waals surface area contributed by atoms with Gasteiger partial charge in [0.15, 0.2) is 0 Å². The van der Waals surface area contributed by atoms with E-state index in [1.807, 2.05) is 12.1 Å². The van der Waals surface area contributed by atoms with Gasteiger partial charge in [-0.2, -0.15) is 0 Å². The maximum absolute atomic E-state index is 11.8. The third-order valence-corrected chi connectivity index (χ3v) is 4.54. The number of hydrogen-bond acceptors (Lipinski definition) is 4. The van der Waals surface area contributed by atoms with E-state index in [4.69, 9.17) is 10.5 Å². The van der Waals surface area contributed by atoms with Gasteiger partial charge in [0.05, 0.1) is 12.7 Å². The third-order valence-electron chi connectivity index (χ3n) is 4.54. The van der Waals surface area contributed by atoms with Gasteiger partial charge in [0.25, 0.3) is 0 Å². The highest BCUT2D eigenvalue weighted by molar-refractivity contribution is 5.96. The van der Waals surface area contributed by atoms with Gasteiger partial charge < -0.3 is 15.8 Å². The quantitative estimate of drug-likeness (QED) is 0.654. The minimum atomic E-state index is -0.350. The van der Waals surface area contributed by atoms with Crippen LogP contribution in [0.3, 0.4) is 0 Å². The first-order chi connectivity index (χ1) is 9.56. The van der Waals surface area contributed by atoms with Crippen molar-refractivity contribution in [1.82, 2.24) is 0 Å². The average Bonchev–Trinajstić information content (AvgIpc) is 2.80. The summed E-state index contributed by atoms with van der Waals surface area (Å²) in [6.07, 6.45) is 3.60. The lowest BCUT2D eigenvalue weighted by atomic mass is 9.93. The van der Waals surface area contributed by atoms with Crippen LogP contribution in [0.4, 0.5) is 11.4 Å². The van der Waals surface area contributed by atoms with E-state index in [1.54, 1.807) is 6.07 Å². The van der Waals surface area contributed by atoms with Gasteiger partial charge in [0.1, 0.15) is 0 Å². The van der Waals surface area contributed by atoms with Gasteiger partial charge in [0.2, 0.25) is 0 Å². The molecule has 1 aromatic rings. The molecule has 20 heavy (non-hydrogen) atoms. The van der Waals surface area contributed by atoms with E-state index in [9.17, 15) is 4.79 Å². The van der Waals surface area contributed by atoms with Crippen molar-refractivity contribution in [3.8, 4) is 0 Å². The second-order valence-electron chi connectivity index (χ2n) is 5.65. The molecule has 3 unspecified atom stereocenters. The minimum Gasteiger partial charge on any atom is -0.465 e. The molecule has 1 aliphatic carbocycles. The van der Waals surface area contributed by atoms with Crippen LogP contribution in [-0.2, 0) is 4.74 Å². The van der Waals surface area contributed by atoms with Crippen molar-refractivity contribution in [3.63, 3.8) is 0 Å². The molecule has 0 amide bonds. The number of hydrogen-bond donors (Lipinski definition) is 2. The Morgan fingerprint density at radius 1 is 1.45 bits per heavy atom. The van der Waals surface area contributed by atoms with E-state index < -0.39 is 0 Å². The molecule has 2 rings (SSSR count). The lowest BCUT2D eigenvalue weighted by Crippen LogP contribution is -2.25. The highest BCUT2D eigenvalue weighted by Gasteiger charge is 2.32. The SMILES string of the molecule is CCC1CCC(Nc2ccc(N)cc2C(=O)OC)C1C. The second-order valence-corrected chi connectivity index (χ2v) is 5.65. The van der Waals surface area contributed by atoms with Gasteiger partial charge in [-0.05, 0) is 42.9 Å². The Morgan fingerprint density at radius 2 is 2.20 bits per heavy atom. The molecule has 1 aliphatic rings. The first kappa shape index (κ1) is 14.7. The van der Waals surface area contributed by atoms with Crippen LogP contribution in [0.5, 0.6) is 0 Å². The van der Waals surface area contributed by atoms with E-state index in [1.165, 1.54) is 20.0 Å². The van der Waals surface area contributed by atoms with Crippen LogP contribution in [0.25, 0.3) is 0 Å². The van der Waals surface area contributed by atoms with Gasteiger partial charge in [-0.15, -0.1) is 0 Å². The van der Waals surface area contributed by atoms with Crippen molar-refractivity contribution in [2.24, 2.45) is 11.8 Å². The number of rotatable bonds is 4. The molecule has 0 bridgehead atoms. The molecule has 0 saturated heterocycles. The number of nitrogens with two attached hydrogens (primary N) is 1. The number of ether oxygens (including phenoxy) is 1. The van der Waals surface area contributed by atoms with Crippen LogP contribution in [0.1, 0.15) is 43.5 Å².